The summed E-state index contributed by atoms with van der Waals surface area (Å²) in [6.45, 7) is 1.54. The largest absolute Gasteiger partial charge is 0.497 e. The molecule has 100 valence electrons. The first kappa shape index (κ1) is 12.3. The first-order chi connectivity index (χ1) is 9.28. The maximum absolute atomic E-state index is 12.4. The number of amides is 1. The lowest BCUT2D eigenvalue weighted by molar-refractivity contribution is -0.128. The fraction of sp³-hybridized carbons (Fsp3) is 0.438. The number of allylic oxidation sites excluding steroid dienone is 1. The Morgan fingerprint density at radius 1 is 1.26 bits per heavy atom. The van der Waals surface area contributed by atoms with Gasteiger partial charge < -0.3 is 9.64 Å². The van der Waals surface area contributed by atoms with Crippen molar-refractivity contribution < 1.29 is 9.53 Å². The highest BCUT2D eigenvalue weighted by atomic mass is 16.5. The van der Waals surface area contributed by atoms with E-state index < -0.39 is 0 Å². The fourth-order valence-electron chi connectivity index (χ4n) is 2.90. The number of hydrogen-bond acceptors (Lipinski definition) is 2. The summed E-state index contributed by atoms with van der Waals surface area (Å²) in [5, 5.41) is 0. The highest BCUT2D eigenvalue weighted by Crippen LogP contribution is 2.26. The standard InChI is InChI=1S/C16H19NO2/c1-19-15-7-6-12-8-9-17(11-14(12)10-15)16(18)13-4-2-3-5-13/h4,6-7,10H,2-3,5,8-9,11H2,1H3. The molecule has 2 aliphatic rings. The lowest BCUT2D eigenvalue weighted by atomic mass is 9.98. The van der Waals surface area contributed by atoms with Crippen LogP contribution in [0.1, 0.15) is 30.4 Å². The highest BCUT2D eigenvalue weighted by Gasteiger charge is 2.24. The third kappa shape index (κ3) is 2.37. The number of rotatable bonds is 2. The Kier molecular flexibility index (Phi) is 3.28. The van der Waals surface area contributed by atoms with Crippen LogP contribution in [-0.2, 0) is 17.8 Å². The predicted molar refractivity (Wildman–Crippen MR) is 74.0 cm³/mol. The van der Waals surface area contributed by atoms with Crippen molar-refractivity contribution in [3.8, 4) is 5.75 Å². The van der Waals surface area contributed by atoms with Gasteiger partial charge in [0.05, 0.1) is 7.11 Å². The van der Waals surface area contributed by atoms with Gasteiger partial charge in [-0.25, -0.2) is 0 Å². The van der Waals surface area contributed by atoms with Crippen molar-refractivity contribution in [3.63, 3.8) is 0 Å². The molecule has 0 spiro atoms. The molecule has 0 N–H and O–H groups in total. The van der Waals surface area contributed by atoms with E-state index in [0.717, 1.165) is 43.6 Å². The number of benzene rings is 1. The molecule has 0 radical (unpaired) electrons. The van der Waals surface area contributed by atoms with Gasteiger partial charge in [0.15, 0.2) is 0 Å². The Balaban J connectivity index is 1.79. The second-order valence-electron chi connectivity index (χ2n) is 5.23. The fourth-order valence-corrected chi connectivity index (χ4v) is 2.90. The van der Waals surface area contributed by atoms with Crippen LogP contribution < -0.4 is 4.74 Å². The van der Waals surface area contributed by atoms with Crippen molar-refractivity contribution in [1.29, 1.82) is 0 Å². The van der Waals surface area contributed by atoms with Crippen molar-refractivity contribution in [2.75, 3.05) is 13.7 Å². The quantitative estimate of drug-likeness (QED) is 0.815. The lowest BCUT2D eigenvalue weighted by Crippen LogP contribution is -2.36. The minimum Gasteiger partial charge on any atom is -0.497 e. The van der Waals surface area contributed by atoms with E-state index in [9.17, 15) is 4.79 Å². The summed E-state index contributed by atoms with van der Waals surface area (Å²) in [4.78, 5) is 14.4. The molecule has 0 saturated heterocycles. The number of ether oxygens (including phenoxy) is 1. The van der Waals surface area contributed by atoms with Crippen LogP contribution in [0.2, 0.25) is 0 Å². The normalized spacial score (nSPS) is 17.9. The van der Waals surface area contributed by atoms with Crippen LogP contribution in [0.15, 0.2) is 29.8 Å². The molecule has 0 unspecified atom stereocenters. The van der Waals surface area contributed by atoms with Gasteiger partial charge in [0.25, 0.3) is 0 Å². The molecule has 0 aromatic heterocycles. The van der Waals surface area contributed by atoms with E-state index in [4.69, 9.17) is 4.74 Å². The Bertz CT molecular complexity index is 534. The highest BCUT2D eigenvalue weighted by molar-refractivity contribution is 5.93. The van der Waals surface area contributed by atoms with Crippen molar-refractivity contribution >= 4 is 5.91 Å². The van der Waals surface area contributed by atoms with Crippen molar-refractivity contribution in [1.82, 2.24) is 4.90 Å². The molecule has 0 atom stereocenters. The zero-order chi connectivity index (χ0) is 13.2. The summed E-state index contributed by atoms with van der Waals surface area (Å²) >= 11 is 0. The van der Waals surface area contributed by atoms with E-state index in [1.165, 1.54) is 11.1 Å². The number of hydrogen-bond donors (Lipinski definition) is 0. The number of fused-ring (bicyclic) bond motifs is 1. The maximum atomic E-state index is 12.4. The monoisotopic (exact) mass is 257 g/mol. The summed E-state index contributed by atoms with van der Waals surface area (Å²) < 4.78 is 5.26. The minimum absolute atomic E-state index is 0.228. The van der Waals surface area contributed by atoms with Crippen LogP contribution in [-0.4, -0.2) is 24.5 Å². The van der Waals surface area contributed by atoms with Gasteiger partial charge in [0, 0.05) is 18.7 Å². The summed E-state index contributed by atoms with van der Waals surface area (Å²) in [6.07, 6.45) is 6.17. The average molecular weight is 257 g/mol. The van der Waals surface area contributed by atoms with E-state index in [2.05, 4.69) is 18.2 Å². The predicted octanol–water partition coefficient (Wildman–Crippen LogP) is 2.69. The lowest BCUT2D eigenvalue weighted by Gasteiger charge is -2.29. The van der Waals surface area contributed by atoms with Crippen molar-refractivity contribution in [3.05, 3.63) is 41.0 Å². The van der Waals surface area contributed by atoms with Gasteiger partial charge in [-0.15, -0.1) is 0 Å². The summed E-state index contributed by atoms with van der Waals surface area (Å²) in [7, 11) is 1.68. The Morgan fingerprint density at radius 3 is 2.89 bits per heavy atom. The first-order valence-electron chi connectivity index (χ1n) is 6.92. The number of nitrogens with zero attached hydrogens (tertiary/aromatic N) is 1. The first-order valence-corrected chi connectivity index (χ1v) is 6.92. The smallest absolute Gasteiger partial charge is 0.249 e. The molecular weight excluding hydrogens is 238 g/mol. The van der Waals surface area contributed by atoms with Crippen LogP contribution >= 0.6 is 0 Å². The van der Waals surface area contributed by atoms with Gasteiger partial charge in [-0.1, -0.05) is 12.1 Å². The van der Waals surface area contributed by atoms with E-state index in [1.807, 2.05) is 11.0 Å². The molecule has 1 aliphatic carbocycles. The van der Waals surface area contributed by atoms with Crippen molar-refractivity contribution in [2.45, 2.75) is 32.2 Å². The van der Waals surface area contributed by atoms with Gasteiger partial charge in [-0.2, -0.15) is 0 Å². The SMILES string of the molecule is COc1ccc2c(c1)CN(C(=O)C1=CCCC1)CC2. The molecule has 3 rings (SSSR count). The van der Waals surface area contributed by atoms with Gasteiger partial charge in [-0.05, 0) is 48.9 Å². The molecule has 3 heteroatoms. The Hall–Kier alpha value is -1.77. The summed E-state index contributed by atoms with van der Waals surface area (Å²) in [6, 6.07) is 6.17. The summed E-state index contributed by atoms with van der Waals surface area (Å²) in [5.41, 5.74) is 3.56. The molecule has 1 aromatic rings. The third-order valence-electron chi connectivity index (χ3n) is 4.03. The van der Waals surface area contributed by atoms with Crippen LogP contribution in [0.3, 0.4) is 0 Å². The molecule has 0 fully saturated rings. The number of methoxy groups -OCH3 is 1. The van der Waals surface area contributed by atoms with E-state index >= 15 is 0 Å². The molecule has 1 aromatic carbocycles. The zero-order valence-corrected chi connectivity index (χ0v) is 11.3. The summed E-state index contributed by atoms with van der Waals surface area (Å²) in [5.74, 6) is 1.10. The second-order valence-corrected chi connectivity index (χ2v) is 5.23. The molecule has 1 aliphatic heterocycles. The van der Waals surface area contributed by atoms with Gasteiger partial charge in [0.1, 0.15) is 5.75 Å². The number of carbonyl (C=O) groups excluding carboxylic acids is 1. The van der Waals surface area contributed by atoms with Gasteiger partial charge in [0.2, 0.25) is 5.91 Å². The van der Waals surface area contributed by atoms with Crippen LogP contribution in [0.5, 0.6) is 5.75 Å². The number of carbonyl (C=O) groups is 1. The average Bonchev–Trinajstić information content (AvgIpc) is 2.99. The molecule has 0 saturated carbocycles. The Morgan fingerprint density at radius 2 is 2.16 bits per heavy atom. The molecule has 1 heterocycles. The van der Waals surface area contributed by atoms with Gasteiger partial charge in [-0.3, -0.25) is 4.79 Å². The van der Waals surface area contributed by atoms with E-state index in [-0.39, 0.29) is 5.91 Å². The van der Waals surface area contributed by atoms with Crippen LogP contribution in [0, 0.1) is 0 Å². The van der Waals surface area contributed by atoms with Crippen molar-refractivity contribution in [2.24, 2.45) is 0 Å². The van der Waals surface area contributed by atoms with E-state index in [1.54, 1.807) is 7.11 Å². The zero-order valence-electron chi connectivity index (χ0n) is 11.3. The Labute approximate surface area is 113 Å². The molecule has 3 nitrogen and oxygen atoms in total. The van der Waals surface area contributed by atoms with Crippen LogP contribution in [0.25, 0.3) is 0 Å². The van der Waals surface area contributed by atoms with Crippen LogP contribution in [0.4, 0.5) is 0 Å². The topological polar surface area (TPSA) is 29.5 Å². The van der Waals surface area contributed by atoms with E-state index in [0.29, 0.717) is 6.54 Å². The maximum Gasteiger partial charge on any atom is 0.249 e. The molecular formula is C16H19NO2. The molecule has 0 bridgehead atoms. The van der Waals surface area contributed by atoms with Gasteiger partial charge >= 0.3 is 0 Å². The molecule has 19 heavy (non-hydrogen) atoms. The third-order valence-corrected chi connectivity index (χ3v) is 4.03. The minimum atomic E-state index is 0.228. The molecule has 1 amide bonds. The second kappa shape index (κ2) is 5.08.